The summed E-state index contributed by atoms with van der Waals surface area (Å²) in [5.74, 6) is -2.67. The molecule has 0 saturated heterocycles. The largest absolute Gasteiger partial charge is 0.469 e. The first-order chi connectivity index (χ1) is 17.8. The van der Waals surface area contributed by atoms with Crippen molar-refractivity contribution in [3.63, 3.8) is 0 Å². The van der Waals surface area contributed by atoms with Crippen LogP contribution in [0.3, 0.4) is 0 Å². The quantitative estimate of drug-likeness (QED) is 0.269. The average Bonchev–Trinajstić information content (AvgIpc) is 2.81. The van der Waals surface area contributed by atoms with Crippen LogP contribution in [0.15, 0.2) is 35.3 Å². The second-order valence-electron chi connectivity index (χ2n) is 10.3. The van der Waals surface area contributed by atoms with E-state index in [1.54, 1.807) is 19.1 Å². The molecule has 1 heterocycles. The number of hydrogen-bond donors (Lipinski definition) is 1. The lowest BCUT2D eigenvalue weighted by Gasteiger charge is -2.24. The Labute approximate surface area is 223 Å². The number of ketones is 2. The van der Waals surface area contributed by atoms with Crippen molar-refractivity contribution >= 4 is 29.4 Å². The van der Waals surface area contributed by atoms with Crippen molar-refractivity contribution in [3.05, 3.63) is 46.4 Å². The van der Waals surface area contributed by atoms with Crippen LogP contribution in [-0.2, 0) is 46.4 Å². The van der Waals surface area contributed by atoms with Crippen molar-refractivity contribution in [2.24, 2.45) is 11.3 Å². The number of Topliss-reactive ketones (excluding diaryl/α,β-unsaturated/α-hetero) is 2. The van der Waals surface area contributed by atoms with E-state index < -0.39 is 35.4 Å². The third-order valence-electron chi connectivity index (χ3n) is 5.61. The number of allylic oxidation sites excluding steroid dienone is 1. The number of carbonyl (C=O) groups is 5. The molecule has 0 spiro atoms. The number of nitrogens with zero attached hydrogens (tertiary/aromatic N) is 1. The highest BCUT2D eigenvalue weighted by atomic mass is 16.5. The number of pyridine rings is 1. The first-order valence-electron chi connectivity index (χ1n) is 12.7. The zero-order valence-electron chi connectivity index (χ0n) is 23.2. The van der Waals surface area contributed by atoms with Crippen LogP contribution in [0.5, 0.6) is 0 Å². The summed E-state index contributed by atoms with van der Waals surface area (Å²) < 4.78 is 10.9. The fraction of sp³-hybridized carbons (Fsp3) is 0.571. The SMILES string of the molecule is CCOC(=O)/C=C/CC[C@H](NC(C)=O)C(=O)Cc1cccn(CC(=O)C[C@@H](CC(C)(C)C)C(=O)OC)c1=O. The topological polar surface area (TPSA) is 138 Å². The summed E-state index contributed by atoms with van der Waals surface area (Å²) in [6.07, 6.45) is 4.99. The highest BCUT2D eigenvalue weighted by Crippen LogP contribution is 2.27. The summed E-state index contributed by atoms with van der Waals surface area (Å²) in [5.41, 5.74) is -0.514. The average molecular weight is 533 g/mol. The zero-order valence-corrected chi connectivity index (χ0v) is 23.2. The maximum absolute atomic E-state index is 13.0. The lowest BCUT2D eigenvalue weighted by molar-refractivity contribution is -0.148. The third-order valence-corrected chi connectivity index (χ3v) is 5.61. The number of rotatable bonds is 15. The molecule has 1 aromatic heterocycles. The standard InChI is InChI=1S/C28H40N2O8/c1-7-38-25(34)13-9-8-12-23(29-19(2)31)24(33)16-20-11-10-14-30(26(20)35)18-22(32)15-21(27(36)37-6)17-28(3,4)5/h9-11,13-14,21,23H,7-8,12,15-18H2,1-6H3,(H,29,31)/b13-9+/t21-,23-/m0/s1. The second kappa shape index (κ2) is 15.6. The highest BCUT2D eigenvalue weighted by Gasteiger charge is 2.28. The molecule has 0 unspecified atom stereocenters. The van der Waals surface area contributed by atoms with Crippen LogP contribution in [0.2, 0.25) is 0 Å². The summed E-state index contributed by atoms with van der Waals surface area (Å²) in [5, 5.41) is 2.59. The van der Waals surface area contributed by atoms with Crippen molar-refractivity contribution in [2.45, 2.75) is 79.3 Å². The molecule has 0 radical (unpaired) electrons. The van der Waals surface area contributed by atoms with E-state index in [2.05, 4.69) is 5.32 Å². The number of esters is 2. The summed E-state index contributed by atoms with van der Waals surface area (Å²) in [7, 11) is 1.28. The molecule has 1 rings (SSSR count). The van der Waals surface area contributed by atoms with Gasteiger partial charge in [0.25, 0.3) is 5.56 Å². The van der Waals surface area contributed by atoms with Gasteiger partial charge >= 0.3 is 11.9 Å². The molecular formula is C28H40N2O8. The Hall–Kier alpha value is -3.56. The molecule has 0 fully saturated rings. The predicted molar refractivity (Wildman–Crippen MR) is 141 cm³/mol. The van der Waals surface area contributed by atoms with E-state index in [1.165, 1.54) is 36.9 Å². The van der Waals surface area contributed by atoms with E-state index in [9.17, 15) is 28.8 Å². The first-order valence-corrected chi connectivity index (χ1v) is 12.7. The molecule has 210 valence electrons. The fourth-order valence-electron chi connectivity index (χ4n) is 4.02. The van der Waals surface area contributed by atoms with Crippen LogP contribution in [0.25, 0.3) is 0 Å². The van der Waals surface area contributed by atoms with Gasteiger partial charge in [-0.05, 0) is 37.7 Å². The van der Waals surface area contributed by atoms with E-state index in [1.807, 2.05) is 20.8 Å². The van der Waals surface area contributed by atoms with Gasteiger partial charge in [-0.15, -0.1) is 0 Å². The van der Waals surface area contributed by atoms with Gasteiger partial charge in [0.15, 0.2) is 11.6 Å². The summed E-state index contributed by atoms with van der Waals surface area (Å²) >= 11 is 0. The van der Waals surface area contributed by atoms with Crippen LogP contribution in [0.1, 0.15) is 65.9 Å². The molecule has 2 atom stereocenters. The van der Waals surface area contributed by atoms with Crippen LogP contribution < -0.4 is 10.9 Å². The van der Waals surface area contributed by atoms with Gasteiger partial charge in [0.2, 0.25) is 5.91 Å². The Morgan fingerprint density at radius 1 is 1.16 bits per heavy atom. The van der Waals surface area contributed by atoms with E-state index in [0.717, 1.165) is 0 Å². The molecule has 0 aliphatic carbocycles. The van der Waals surface area contributed by atoms with Gasteiger partial charge in [0.05, 0.1) is 32.2 Å². The van der Waals surface area contributed by atoms with Crippen LogP contribution in [0.4, 0.5) is 0 Å². The lowest BCUT2D eigenvalue weighted by atomic mass is 9.82. The van der Waals surface area contributed by atoms with Gasteiger partial charge in [-0.3, -0.25) is 24.0 Å². The maximum atomic E-state index is 13.0. The minimum Gasteiger partial charge on any atom is -0.469 e. The molecular weight excluding hydrogens is 492 g/mol. The minimum absolute atomic E-state index is 0.0660. The van der Waals surface area contributed by atoms with Crippen LogP contribution in [-0.4, -0.2) is 53.7 Å². The molecule has 0 saturated carbocycles. The van der Waals surface area contributed by atoms with Crippen LogP contribution >= 0.6 is 0 Å². The van der Waals surface area contributed by atoms with Gasteiger partial charge in [-0.2, -0.15) is 0 Å². The van der Waals surface area contributed by atoms with E-state index in [0.29, 0.717) is 12.8 Å². The number of carbonyl (C=O) groups excluding carboxylic acids is 5. The number of hydrogen-bond acceptors (Lipinski definition) is 8. The smallest absolute Gasteiger partial charge is 0.330 e. The zero-order chi connectivity index (χ0) is 28.9. The van der Waals surface area contributed by atoms with E-state index >= 15 is 0 Å². The molecule has 10 nitrogen and oxygen atoms in total. The summed E-state index contributed by atoms with van der Waals surface area (Å²) in [4.78, 5) is 74.0. The minimum atomic E-state index is -0.854. The van der Waals surface area contributed by atoms with E-state index in [4.69, 9.17) is 9.47 Å². The third kappa shape index (κ3) is 12.1. The van der Waals surface area contributed by atoms with Crippen molar-refractivity contribution in [1.29, 1.82) is 0 Å². The monoisotopic (exact) mass is 532 g/mol. The first kappa shape index (κ1) is 32.5. The molecule has 1 amide bonds. The predicted octanol–water partition coefficient (Wildman–Crippen LogP) is 2.55. The van der Waals surface area contributed by atoms with Crippen LogP contribution in [0, 0.1) is 11.3 Å². The molecule has 10 heteroatoms. The Balaban J connectivity index is 2.94. The molecule has 0 aliphatic rings. The van der Waals surface area contributed by atoms with Gasteiger partial charge < -0.3 is 19.4 Å². The van der Waals surface area contributed by atoms with E-state index in [-0.39, 0.29) is 55.0 Å². The van der Waals surface area contributed by atoms with Gasteiger partial charge in [0.1, 0.15) is 0 Å². The molecule has 38 heavy (non-hydrogen) atoms. The number of amides is 1. The summed E-state index contributed by atoms with van der Waals surface area (Å²) in [6.45, 7) is 8.87. The Morgan fingerprint density at radius 3 is 2.42 bits per heavy atom. The molecule has 0 aliphatic heterocycles. The van der Waals surface area contributed by atoms with Crippen molar-refractivity contribution in [3.8, 4) is 0 Å². The Bertz CT molecular complexity index is 1080. The molecule has 1 N–H and O–H groups in total. The van der Waals surface area contributed by atoms with Gasteiger partial charge in [-0.1, -0.05) is 32.9 Å². The van der Waals surface area contributed by atoms with Crippen molar-refractivity contribution in [2.75, 3.05) is 13.7 Å². The van der Waals surface area contributed by atoms with Gasteiger partial charge in [-0.25, -0.2) is 4.79 Å². The fourth-order valence-corrected chi connectivity index (χ4v) is 4.02. The molecule has 1 aromatic rings. The van der Waals surface area contributed by atoms with Gasteiger partial charge in [0, 0.05) is 37.6 Å². The Kier molecular flexibility index (Phi) is 13.4. The number of nitrogens with one attached hydrogen (secondary N) is 1. The number of methoxy groups -OCH3 is 1. The molecule has 0 aromatic carbocycles. The number of aromatic nitrogens is 1. The second-order valence-corrected chi connectivity index (χ2v) is 10.3. The molecule has 0 bridgehead atoms. The van der Waals surface area contributed by atoms with Crippen molar-refractivity contribution < 1.29 is 33.4 Å². The normalized spacial score (nSPS) is 13.0. The Morgan fingerprint density at radius 2 is 1.84 bits per heavy atom. The number of ether oxygens (including phenoxy) is 2. The van der Waals surface area contributed by atoms with Crippen molar-refractivity contribution in [1.82, 2.24) is 9.88 Å². The summed E-state index contributed by atoms with van der Waals surface area (Å²) in [6, 6.07) is 2.22. The highest BCUT2D eigenvalue weighted by molar-refractivity contribution is 5.90. The maximum Gasteiger partial charge on any atom is 0.330 e. The lowest BCUT2D eigenvalue weighted by Crippen LogP contribution is -2.41.